The van der Waals surface area contributed by atoms with Crippen LogP contribution in [0.25, 0.3) is 0 Å². The number of rotatable bonds is 1. The van der Waals surface area contributed by atoms with Crippen molar-refractivity contribution in [1.29, 1.82) is 0 Å². The molecule has 0 heterocycles. The zero-order valence-electron chi connectivity index (χ0n) is 9.53. The van der Waals surface area contributed by atoms with Crippen molar-refractivity contribution < 1.29 is 15.0 Å². The van der Waals surface area contributed by atoms with Crippen LogP contribution in [0, 0.1) is 18.8 Å². The highest BCUT2D eigenvalue weighted by molar-refractivity contribution is 5.89. The fraction of sp³-hybridized carbons (Fsp3) is 0.308. The first kappa shape index (κ1) is 12.3. The summed E-state index contributed by atoms with van der Waals surface area (Å²) in [5.74, 6) is 4.53. The molecule has 1 aromatic rings. The number of carboxylic acid groups (broad SMARTS) is 1. The first-order valence-electron chi connectivity index (χ1n) is 4.89. The topological polar surface area (TPSA) is 57.5 Å². The molecule has 0 amide bonds. The average Bonchev–Trinajstić information content (AvgIpc) is 2.13. The Labute approximate surface area is 94.7 Å². The summed E-state index contributed by atoms with van der Waals surface area (Å²) >= 11 is 0. The predicted octanol–water partition coefficient (Wildman–Crippen LogP) is 1.82. The van der Waals surface area contributed by atoms with E-state index < -0.39 is 11.6 Å². The molecule has 3 nitrogen and oxygen atoms in total. The summed E-state index contributed by atoms with van der Waals surface area (Å²) in [6.07, 6.45) is 0. The average molecular weight is 218 g/mol. The van der Waals surface area contributed by atoms with Crippen LogP contribution in [0.1, 0.15) is 35.3 Å². The van der Waals surface area contributed by atoms with Gasteiger partial charge in [0.05, 0.1) is 5.56 Å². The monoisotopic (exact) mass is 218 g/mol. The van der Waals surface area contributed by atoms with Crippen molar-refractivity contribution in [2.45, 2.75) is 26.4 Å². The molecule has 16 heavy (non-hydrogen) atoms. The van der Waals surface area contributed by atoms with E-state index in [9.17, 15) is 9.90 Å². The van der Waals surface area contributed by atoms with Crippen LogP contribution in [0.4, 0.5) is 0 Å². The highest BCUT2D eigenvalue weighted by Crippen LogP contribution is 2.10. The summed E-state index contributed by atoms with van der Waals surface area (Å²) in [6.45, 7) is 4.91. The Hall–Kier alpha value is -1.79. The van der Waals surface area contributed by atoms with Gasteiger partial charge in [0.25, 0.3) is 0 Å². The lowest BCUT2D eigenvalue weighted by Crippen LogP contribution is -2.14. The van der Waals surface area contributed by atoms with E-state index in [-0.39, 0.29) is 5.56 Å². The third-order valence-electron chi connectivity index (χ3n) is 1.97. The van der Waals surface area contributed by atoms with Crippen LogP contribution >= 0.6 is 0 Å². The van der Waals surface area contributed by atoms with Crippen LogP contribution in [0.2, 0.25) is 0 Å². The van der Waals surface area contributed by atoms with Gasteiger partial charge >= 0.3 is 5.97 Å². The third kappa shape index (κ3) is 3.41. The fourth-order valence-corrected chi connectivity index (χ4v) is 1.21. The minimum atomic E-state index is -1.04. The Morgan fingerprint density at radius 2 is 2.00 bits per heavy atom. The Kier molecular flexibility index (Phi) is 3.36. The van der Waals surface area contributed by atoms with E-state index in [1.165, 1.54) is 6.07 Å². The summed E-state index contributed by atoms with van der Waals surface area (Å²) in [5.41, 5.74) is 0.591. The predicted molar refractivity (Wildman–Crippen MR) is 61.3 cm³/mol. The van der Waals surface area contributed by atoms with Gasteiger partial charge < -0.3 is 10.2 Å². The maximum atomic E-state index is 10.8. The molecule has 0 fully saturated rings. The van der Waals surface area contributed by atoms with Gasteiger partial charge in [-0.1, -0.05) is 11.8 Å². The third-order valence-corrected chi connectivity index (χ3v) is 1.97. The molecule has 0 bridgehead atoms. The van der Waals surface area contributed by atoms with E-state index in [2.05, 4.69) is 11.8 Å². The molecule has 0 atom stereocenters. The molecule has 2 N–H and O–H groups in total. The largest absolute Gasteiger partial charge is 0.478 e. The molecule has 0 radical (unpaired) electrons. The van der Waals surface area contributed by atoms with E-state index in [1.54, 1.807) is 32.9 Å². The molecule has 84 valence electrons. The lowest BCUT2D eigenvalue weighted by atomic mass is 10.0. The molecule has 0 unspecified atom stereocenters. The summed E-state index contributed by atoms with van der Waals surface area (Å²) in [7, 11) is 0. The lowest BCUT2D eigenvalue weighted by Gasteiger charge is -2.06. The number of aryl methyl sites for hydroxylation is 1. The zero-order chi connectivity index (χ0) is 12.3. The molecule has 0 spiro atoms. The van der Waals surface area contributed by atoms with Gasteiger partial charge in [-0.15, -0.1) is 0 Å². The minimum absolute atomic E-state index is 0.272. The van der Waals surface area contributed by atoms with E-state index in [1.807, 2.05) is 0 Å². The highest BCUT2D eigenvalue weighted by atomic mass is 16.4. The number of aliphatic hydroxyl groups is 1. The summed E-state index contributed by atoms with van der Waals surface area (Å²) in [6, 6.07) is 4.85. The van der Waals surface area contributed by atoms with Crippen LogP contribution in [-0.4, -0.2) is 21.8 Å². The lowest BCUT2D eigenvalue weighted by molar-refractivity contribution is 0.0696. The van der Waals surface area contributed by atoms with E-state index in [0.717, 1.165) is 0 Å². The van der Waals surface area contributed by atoms with Crippen molar-refractivity contribution >= 4 is 5.97 Å². The molecular formula is C13H14O3. The zero-order valence-corrected chi connectivity index (χ0v) is 9.53. The molecule has 0 aromatic heterocycles. The minimum Gasteiger partial charge on any atom is -0.478 e. The molecule has 1 rings (SSSR count). The molecule has 0 aliphatic heterocycles. The number of hydrogen-bond acceptors (Lipinski definition) is 2. The van der Waals surface area contributed by atoms with Crippen LogP contribution in [-0.2, 0) is 0 Å². The van der Waals surface area contributed by atoms with Crippen LogP contribution in [0.3, 0.4) is 0 Å². The van der Waals surface area contributed by atoms with Gasteiger partial charge in [0.2, 0.25) is 0 Å². The molecule has 1 aromatic carbocycles. The smallest absolute Gasteiger partial charge is 0.335 e. The fourth-order valence-electron chi connectivity index (χ4n) is 1.21. The number of carboxylic acids is 1. The van der Waals surface area contributed by atoms with Crippen molar-refractivity contribution in [2.24, 2.45) is 0 Å². The Morgan fingerprint density at radius 1 is 1.38 bits per heavy atom. The molecule has 3 heteroatoms. The van der Waals surface area contributed by atoms with Gasteiger partial charge in [0, 0.05) is 5.56 Å². The highest BCUT2D eigenvalue weighted by Gasteiger charge is 2.08. The first-order chi connectivity index (χ1) is 7.29. The quantitative estimate of drug-likeness (QED) is 0.707. The van der Waals surface area contributed by atoms with Crippen molar-refractivity contribution in [3.63, 3.8) is 0 Å². The van der Waals surface area contributed by atoms with Crippen molar-refractivity contribution in [2.75, 3.05) is 0 Å². The van der Waals surface area contributed by atoms with Crippen molar-refractivity contribution in [1.82, 2.24) is 0 Å². The Balaban J connectivity index is 3.06. The second-order valence-corrected chi connectivity index (χ2v) is 4.14. The maximum absolute atomic E-state index is 10.8. The second kappa shape index (κ2) is 4.38. The number of aromatic carboxylic acids is 1. The van der Waals surface area contributed by atoms with Gasteiger partial charge in [-0.05, 0) is 44.5 Å². The number of benzene rings is 1. The van der Waals surface area contributed by atoms with Gasteiger partial charge in [0.1, 0.15) is 5.60 Å². The van der Waals surface area contributed by atoms with Crippen LogP contribution < -0.4 is 0 Å². The molecular weight excluding hydrogens is 204 g/mol. The van der Waals surface area contributed by atoms with Crippen LogP contribution in [0.5, 0.6) is 0 Å². The number of carbonyl (C=O) groups is 1. The summed E-state index contributed by atoms with van der Waals surface area (Å²) in [5, 5.41) is 18.3. The molecule has 0 aliphatic rings. The van der Waals surface area contributed by atoms with Gasteiger partial charge in [-0.25, -0.2) is 4.79 Å². The maximum Gasteiger partial charge on any atom is 0.335 e. The normalized spacial score (nSPS) is 10.5. The summed E-state index contributed by atoms with van der Waals surface area (Å²) in [4.78, 5) is 10.8. The second-order valence-electron chi connectivity index (χ2n) is 4.14. The molecule has 0 aliphatic carbocycles. The SMILES string of the molecule is Cc1cc(C#CC(C)(C)O)ccc1C(=O)O. The summed E-state index contributed by atoms with van der Waals surface area (Å²) < 4.78 is 0. The van der Waals surface area contributed by atoms with Gasteiger partial charge in [-0.3, -0.25) is 0 Å². The standard InChI is InChI=1S/C13H14O3/c1-9-8-10(6-7-13(2,3)16)4-5-11(9)12(14)15/h4-5,8,16H,1-3H3,(H,14,15). The van der Waals surface area contributed by atoms with E-state index in [0.29, 0.717) is 11.1 Å². The van der Waals surface area contributed by atoms with Crippen molar-refractivity contribution in [3.8, 4) is 11.8 Å². The number of hydrogen-bond donors (Lipinski definition) is 2. The van der Waals surface area contributed by atoms with E-state index >= 15 is 0 Å². The molecule has 0 saturated heterocycles. The first-order valence-corrected chi connectivity index (χ1v) is 4.89. The van der Waals surface area contributed by atoms with Gasteiger partial charge in [0.15, 0.2) is 0 Å². The van der Waals surface area contributed by atoms with Crippen LogP contribution in [0.15, 0.2) is 18.2 Å². The Morgan fingerprint density at radius 3 is 2.44 bits per heavy atom. The van der Waals surface area contributed by atoms with E-state index in [4.69, 9.17) is 5.11 Å². The van der Waals surface area contributed by atoms with Crippen molar-refractivity contribution in [3.05, 3.63) is 34.9 Å². The van der Waals surface area contributed by atoms with Gasteiger partial charge in [-0.2, -0.15) is 0 Å². The Bertz CT molecular complexity index is 470. The molecule has 0 saturated carbocycles.